The lowest BCUT2D eigenvalue weighted by Gasteiger charge is -2.44. The number of unbranched alkanes of at least 4 members (excludes halogenated alkanes) is 2. The van der Waals surface area contributed by atoms with E-state index in [-0.39, 0.29) is 23.5 Å². The van der Waals surface area contributed by atoms with Gasteiger partial charge in [0, 0.05) is 12.1 Å². The number of amides is 3. The van der Waals surface area contributed by atoms with Crippen LogP contribution < -0.4 is 10.6 Å². The number of carbonyl (C=O) groups excluding carboxylic acids is 3. The normalized spacial score (nSPS) is 13.6. The molecule has 0 spiro atoms. The third kappa shape index (κ3) is 10.6. The number of ether oxygens (including phenoxy) is 1. The molecular formula is C29H49N3O5. The van der Waals surface area contributed by atoms with Crippen molar-refractivity contribution in [3.63, 3.8) is 0 Å². The lowest BCUT2D eigenvalue weighted by Crippen LogP contribution is -2.59. The third-order valence-electron chi connectivity index (χ3n) is 6.25. The lowest BCUT2D eigenvalue weighted by molar-refractivity contribution is -0.149. The molecule has 0 aliphatic rings. The quantitative estimate of drug-likeness (QED) is 0.290. The summed E-state index contributed by atoms with van der Waals surface area (Å²) in [6, 6.07) is 4.53. The van der Waals surface area contributed by atoms with Crippen LogP contribution >= 0.6 is 0 Å². The summed E-state index contributed by atoms with van der Waals surface area (Å²) >= 11 is 0. The molecule has 1 aromatic rings. The molecular weight excluding hydrogens is 470 g/mol. The van der Waals surface area contributed by atoms with Crippen molar-refractivity contribution in [2.24, 2.45) is 5.92 Å². The van der Waals surface area contributed by atoms with Gasteiger partial charge in [-0.2, -0.15) is 0 Å². The molecule has 8 nitrogen and oxygen atoms in total. The molecule has 0 saturated heterocycles. The average molecular weight is 520 g/mol. The van der Waals surface area contributed by atoms with Gasteiger partial charge in [0.25, 0.3) is 0 Å². The maximum Gasteiger partial charge on any atom is 0.408 e. The Labute approximate surface area is 223 Å². The molecule has 37 heavy (non-hydrogen) atoms. The van der Waals surface area contributed by atoms with Crippen LogP contribution in [0.15, 0.2) is 24.3 Å². The van der Waals surface area contributed by atoms with Gasteiger partial charge in [0.2, 0.25) is 11.8 Å². The molecule has 0 fully saturated rings. The van der Waals surface area contributed by atoms with Gasteiger partial charge in [0.15, 0.2) is 0 Å². The highest BCUT2D eigenvalue weighted by molar-refractivity contribution is 5.92. The van der Waals surface area contributed by atoms with Gasteiger partial charge in [-0.15, -0.1) is 0 Å². The number of phenolic OH excluding ortho intramolecular Hbond substituents is 1. The van der Waals surface area contributed by atoms with Gasteiger partial charge in [0.1, 0.15) is 23.4 Å². The molecule has 1 aromatic carbocycles. The topological polar surface area (TPSA) is 108 Å². The summed E-state index contributed by atoms with van der Waals surface area (Å²) in [5.41, 5.74) is -0.850. The molecule has 0 aromatic heterocycles. The summed E-state index contributed by atoms with van der Waals surface area (Å²) in [6.45, 7) is 17.6. The predicted octanol–water partition coefficient (Wildman–Crippen LogP) is 5.70. The number of nitrogens with one attached hydrogen (secondary N) is 2. The van der Waals surface area contributed by atoms with Gasteiger partial charge in [-0.3, -0.25) is 9.59 Å². The summed E-state index contributed by atoms with van der Waals surface area (Å²) in [5, 5.41) is 15.6. The van der Waals surface area contributed by atoms with Crippen molar-refractivity contribution in [2.45, 2.75) is 118 Å². The Morgan fingerprint density at radius 3 is 2.08 bits per heavy atom. The number of alkyl carbamates (subject to hydrolysis) is 1. The van der Waals surface area contributed by atoms with E-state index in [1.165, 1.54) is 12.1 Å². The predicted molar refractivity (Wildman–Crippen MR) is 147 cm³/mol. The molecule has 0 radical (unpaired) electrons. The number of benzene rings is 1. The Balaban J connectivity index is 3.54. The Hall–Kier alpha value is -2.77. The van der Waals surface area contributed by atoms with Crippen LogP contribution in [0.2, 0.25) is 0 Å². The third-order valence-corrected chi connectivity index (χ3v) is 6.25. The van der Waals surface area contributed by atoms with Crippen LogP contribution in [-0.2, 0) is 14.3 Å². The van der Waals surface area contributed by atoms with Crippen LogP contribution in [0.4, 0.5) is 4.79 Å². The van der Waals surface area contributed by atoms with E-state index < -0.39 is 29.3 Å². The Kier molecular flexibility index (Phi) is 12.4. The Morgan fingerprint density at radius 1 is 1.00 bits per heavy atom. The van der Waals surface area contributed by atoms with Crippen molar-refractivity contribution in [3.05, 3.63) is 29.8 Å². The van der Waals surface area contributed by atoms with E-state index in [1.807, 2.05) is 34.6 Å². The number of carbonyl (C=O) groups is 3. The monoisotopic (exact) mass is 519 g/mol. The standard InChI is InChI=1S/C29H49N3O5/c1-10-12-13-18-30-25(34)24(21-14-16-22(33)17-15-21)32(29(8,9)11-2)26(35)23(19-20(3)4)31-27(36)37-28(5,6)7/h14-17,20,23-24,33H,10-13,18-19H2,1-9H3,(H,30,34)(H,31,36). The second-order valence-corrected chi connectivity index (χ2v) is 11.7. The van der Waals surface area contributed by atoms with Crippen molar-refractivity contribution < 1.29 is 24.2 Å². The number of aromatic hydroxyl groups is 1. The van der Waals surface area contributed by atoms with Gasteiger partial charge >= 0.3 is 6.09 Å². The number of nitrogens with zero attached hydrogens (tertiary/aromatic N) is 1. The van der Waals surface area contributed by atoms with Crippen LogP contribution in [-0.4, -0.2) is 51.6 Å². The van der Waals surface area contributed by atoms with Crippen LogP contribution in [0.3, 0.4) is 0 Å². The summed E-state index contributed by atoms with van der Waals surface area (Å²) in [6.07, 6.45) is 3.14. The molecule has 0 saturated carbocycles. The van der Waals surface area contributed by atoms with E-state index in [2.05, 4.69) is 17.6 Å². The van der Waals surface area contributed by atoms with Crippen LogP contribution in [0.1, 0.15) is 106 Å². The maximum absolute atomic E-state index is 14.3. The fraction of sp³-hybridized carbons (Fsp3) is 0.690. The van der Waals surface area contributed by atoms with Crippen molar-refractivity contribution in [1.29, 1.82) is 0 Å². The average Bonchev–Trinajstić information content (AvgIpc) is 2.78. The summed E-state index contributed by atoms with van der Waals surface area (Å²) < 4.78 is 5.45. The van der Waals surface area contributed by atoms with Crippen LogP contribution in [0, 0.1) is 5.92 Å². The fourth-order valence-electron chi connectivity index (χ4n) is 4.01. The number of hydrogen-bond acceptors (Lipinski definition) is 5. The molecule has 1 rings (SSSR count). The van der Waals surface area contributed by atoms with E-state index in [1.54, 1.807) is 37.8 Å². The highest BCUT2D eigenvalue weighted by Gasteiger charge is 2.43. The zero-order chi connectivity index (χ0) is 28.4. The van der Waals surface area contributed by atoms with Gasteiger partial charge in [-0.1, -0.05) is 52.7 Å². The zero-order valence-electron chi connectivity index (χ0n) is 24.3. The van der Waals surface area contributed by atoms with E-state index >= 15 is 0 Å². The molecule has 3 N–H and O–H groups in total. The Bertz CT molecular complexity index is 875. The maximum atomic E-state index is 14.3. The second kappa shape index (κ2) is 14.2. The lowest BCUT2D eigenvalue weighted by atomic mass is 9.90. The van der Waals surface area contributed by atoms with Gasteiger partial charge in [0.05, 0.1) is 0 Å². The Morgan fingerprint density at radius 2 is 1.59 bits per heavy atom. The van der Waals surface area contributed by atoms with Gasteiger partial charge < -0.3 is 25.4 Å². The molecule has 0 bridgehead atoms. The van der Waals surface area contributed by atoms with Gasteiger partial charge in [-0.25, -0.2) is 4.79 Å². The van der Waals surface area contributed by atoms with E-state index in [0.29, 0.717) is 24.9 Å². The van der Waals surface area contributed by atoms with E-state index in [4.69, 9.17) is 4.74 Å². The number of rotatable bonds is 13. The first kappa shape index (κ1) is 32.3. The summed E-state index contributed by atoms with van der Waals surface area (Å²) in [4.78, 5) is 42.2. The minimum atomic E-state index is -0.945. The largest absolute Gasteiger partial charge is 0.508 e. The first-order valence-corrected chi connectivity index (χ1v) is 13.5. The minimum Gasteiger partial charge on any atom is -0.508 e. The van der Waals surface area contributed by atoms with Crippen molar-refractivity contribution in [2.75, 3.05) is 6.54 Å². The van der Waals surface area contributed by atoms with Crippen molar-refractivity contribution in [3.8, 4) is 5.75 Å². The minimum absolute atomic E-state index is 0.0720. The molecule has 0 aliphatic heterocycles. The molecule has 210 valence electrons. The van der Waals surface area contributed by atoms with Gasteiger partial charge in [-0.05, 0) is 77.5 Å². The van der Waals surface area contributed by atoms with Crippen LogP contribution in [0.5, 0.6) is 5.75 Å². The molecule has 3 amide bonds. The highest BCUT2D eigenvalue weighted by Crippen LogP contribution is 2.33. The fourth-order valence-corrected chi connectivity index (χ4v) is 4.01. The smallest absolute Gasteiger partial charge is 0.408 e. The van der Waals surface area contributed by atoms with Crippen LogP contribution in [0.25, 0.3) is 0 Å². The first-order valence-electron chi connectivity index (χ1n) is 13.5. The van der Waals surface area contributed by atoms with Crippen molar-refractivity contribution in [1.82, 2.24) is 15.5 Å². The van der Waals surface area contributed by atoms with E-state index in [9.17, 15) is 19.5 Å². The zero-order valence-corrected chi connectivity index (χ0v) is 24.3. The number of phenols is 1. The molecule has 0 aliphatic carbocycles. The van der Waals surface area contributed by atoms with E-state index in [0.717, 1.165) is 19.3 Å². The summed E-state index contributed by atoms with van der Waals surface area (Å²) in [5.74, 6) is -0.473. The molecule has 2 unspecified atom stereocenters. The summed E-state index contributed by atoms with van der Waals surface area (Å²) in [7, 11) is 0. The number of hydrogen-bond donors (Lipinski definition) is 3. The molecule has 0 heterocycles. The first-order chi connectivity index (χ1) is 17.1. The molecule has 8 heteroatoms. The highest BCUT2D eigenvalue weighted by atomic mass is 16.6. The van der Waals surface area contributed by atoms with Crippen molar-refractivity contribution >= 4 is 17.9 Å². The molecule has 2 atom stereocenters. The second-order valence-electron chi connectivity index (χ2n) is 11.7. The SMILES string of the molecule is CCCCCNC(=O)C(c1ccc(O)cc1)N(C(=O)C(CC(C)C)NC(=O)OC(C)(C)C)C(C)(C)CC.